The summed E-state index contributed by atoms with van der Waals surface area (Å²) in [6.07, 6.45) is 2.63. The molecule has 0 saturated carbocycles. The lowest BCUT2D eigenvalue weighted by atomic mass is 10.1. The molecule has 0 heterocycles. The molecule has 0 bridgehead atoms. The molecule has 0 saturated heterocycles. The molecular weight excluding hydrogens is 252 g/mol. The van der Waals surface area contributed by atoms with Gasteiger partial charge in [-0.2, -0.15) is 0 Å². The highest BCUT2D eigenvalue weighted by Gasteiger charge is 2.14. The van der Waals surface area contributed by atoms with E-state index in [1.807, 2.05) is 0 Å². The number of aliphatic hydroxyl groups is 2. The van der Waals surface area contributed by atoms with Crippen LogP contribution in [-0.2, 0) is 19.1 Å². The predicted molar refractivity (Wildman–Crippen MR) is 70.5 cm³/mol. The Balaban J connectivity index is 0. The van der Waals surface area contributed by atoms with E-state index in [0.29, 0.717) is 19.6 Å². The largest absolute Gasteiger partial charge is 0.464 e. The van der Waals surface area contributed by atoms with Crippen LogP contribution in [0, 0.1) is 0 Å². The predicted octanol–water partition coefficient (Wildman–Crippen LogP) is 1.03. The fourth-order valence-electron chi connectivity index (χ4n) is 1.15. The lowest BCUT2D eigenvalue weighted by molar-refractivity contribution is -0.153. The summed E-state index contributed by atoms with van der Waals surface area (Å²) < 4.78 is 8.95. The molecule has 0 amide bonds. The molecule has 0 rings (SSSR count). The van der Waals surface area contributed by atoms with Gasteiger partial charge < -0.3 is 19.7 Å². The molecule has 0 aliphatic carbocycles. The number of esters is 2. The molecule has 0 radical (unpaired) electrons. The van der Waals surface area contributed by atoms with Crippen molar-refractivity contribution in [2.75, 3.05) is 19.8 Å². The van der Waals surface area contributed by atoms with E-state index < -0.39 is 24.6 Å². The third-order valence-corrected chi connectivity index (χ3v) is 2.07. The van der Waals surface area contributed by atoms with Crippen molar-refractivity contribution in [1.82, 2.24) is 0 Å². The topological polar surface area (TPSA) is 93.1 Å². The Morgan fingerprint density at radius 2 is 1.63 bits per heavy atom. The Morgan fingerprint density at radius 3 is 2.00 bits per heavy atom. The van der Waals surface area contributed by atoms with Gasteiger partial charge in [0.1, 0.15) is 6.61 Å². The van der Waals surface area contributed by atoms with Gasteiger partial charge in [0.05, 0.1) is 13.2 Å². The van der Waals surface area contributed by atoms with Crippen molar-refractivity contribution < 1.29 is 29.3 Å². The molecule has 0 aromatic rings. The van der Waals surface area contributed by atoms with E-state index >= 15 is 0 Å². The van der Waals surface area contributed by atoms with Crippen molar-refractivity contribution in [1.29, 1.82) is 0 Å². The van der Waals surface area contributed by atoms with Crippen LogP contribution in [0.5, 0.6) is 0 Å². The van der Waals surface area contributed by atoms with Gasteiger partial charge in [-0.1, -0.05) is 26.2 Å². The number of aliphatic hydroxyl groups excluding tert-OH is 2. The normalized spacial score (nSPS) is 11.0. The van der Waals surface area contributed by atoms with Gasteiger partial charge >= 0.3 is 11.9 Å². The van der Waals surface area contributed by atoms with Gasteiger partial charge in [-0.25, -0.2) is 9.59 Å². The van der Waals surface area contributed by atoms with E-state index in [0.717, 1.165) is 19.3 Å². The molecule has 2 N–H and O–H groups in total. The maximum Gasteiger partial charge on any atom is 0.334 e. The molecule has 6 heteroatoms. The van der Waals surface area contributed by atoms with Crippen LogP contribution in [0.1, 0.15) is 46.5 Å². The summed E-state index contributed by atoms with van der Waals surface area (Å²) in [4.78, 5) is 20.8. The van der Waals surface area contributed by atoms with Gasteiger partial charge in [-0.3, -0.25) is 0 Å². The Hall–Kier alpha value is -1.14. The molecule has 114 valence electrons. The van der Waals surface area contributed by atoms with Crippen molar-refractivity contribution in [2.24, 2.45) is 0 Å². The van der Waals surface area contributed by atoms with Gasteiger partial charge in [0.2, 0.25) is 0 Å². The fourth-order valence-corrected chi connectivity index (χ4v) is 1.15. The zero-order valence-corrected chi connectivity index (χ0v) is 12.1. The molecule has 0 aromatic carbocycles. The molecule has 0 spiro atoms. The highest BCUT2D eigenvalue weighted by Crippen LogP contribution is 2.04. The highest BCUT2D eigenvalue weighted by molar-refractivity contribution is 5.74. The smallest absolute Gasteiger partial charge is 0.334 e. The average Bonchev–Trinajstić information content (AvgIpc) is 2.40. The summed E-state index contributed by atoms with van der Waals surface area (Å²) in [7, 11) is 0. The minimum atomic E-state index is -0.920. The van der Waals surface area contributed by atoms with Gasteiger partial charge in [0, 0.05) is 0 Å². The van der Waals surface area contributed by atoms with Crippen LogP contribution < -0.4 is 0 Å². The zero-order valence-electron chi connectivity index (χ0n) is 12.1. The molecule has 1 atom stereocenters. The van der Waals surface area contributed by atoms with E-state index in [1.165, 1.54) is 0 Å². The summed E-state index contributed by atoms with van der Waals surface area (Å²) >= 11 is 0. The molecule has 1 unspecified atom stereocenters. The first-order chi connectivity index (χ1) is 9.03. The Bertz CT molecular complexity index is 229. The number of carbonyl (C=O) groups is 2. The molecule has 0 fully saturated rings. The van der Waals surface area contributed by atoms with Crippen molar-refractivity contribution >= 4 is 11.9 Å². The number of hydrogen-bond donors (Lipinski definition) is 2. The maximum absolute atomic E-state index is 10.9. The quantitative estimate of drug-likeness (QED) is 0.509. The monoisotopic (exact) mass is 278 g/mol. The number of unbranched alkanes of at least 4 members (excludes halogenated alkanes) is 2. The molecule has 0 aliphatic heterocycles. The van der Waals surface area contributed by atoms with E-state index in [2.05, 4.69) is 16.4 Å². The van der Waals surface area contributed by atoms with Gasteiger partial charge in [0.15, 0.2) is 6.10 Å². The second-order valence-electron chi connectivity index (χ2n) is 3.73. The third-order valence-electron chi connectivity index (χ3n) is 2.07. The second-order valence-corrected chi connectivity index (χ2v) is 3.73. The number of ether oxygens (including phenoxy) is 2. The van der Waals surface area contributed by atoms with Crippen LogP contribution in [0.15, 0.2) is 0 Å². The maximum atomic E-state index is 10.9. The fraction of sp³-hybridized carbons (Fsp3) is 0.846. The first-order valence-corrected chi connectivity index (χ1v) is 6.64. The van der Waals surface area contributed by atoms with Gasteiger partial charge in [-0.05, 0) is 20.3 Å². The molecule has 19 heavy (non-hydrogen) atoms. The lowest BCUT2D eigenvalue weighted by Crippen LogP contribution is -2.22. The van der Waals surface area contributed by atoms with Crippen LogP contribution in [0.4, 0.5) is 0 Å². The molecular formula is C13H26O6. The summed E-state index contributed by atoms with van der Waals surface area (Å²) in [5, 5.41) is 17.2. The third kappa shape index (κ3) is 14.8. The first kappa shape index (κ1) is 20.2. The van der Waals surface area contributed by atoms with Crippen LogP contribution in [0.25, 0.3) is 0 Å². The standard InChI is InChI=1S/C9H18O3.C4H8O3/c1-3-5-6-7-8(10)9(11)12-4-2;1-2-7-4(6)3-5/h8,10H,3-7H2,1-2H3;5H,2-3H2,1H3. The van der Waals surface area contributed by atoms with Crippen molar-refractivity contribution in [2.45, 2.75) is 52.6 Å². The SMILES string of the molecule is CCCCCC(O)C(=O)OCC.CCOC(=O)CO. The number of carbonyl (C=O) groups excluding carboxylic acids is 2. The minimum Gasteiger partial charge on any atom is -0.464 e. The lowest BCUT2D eigenvalue weighted by Gasteiger charge is -2.08. The minimum absolute atomic E-state index is 0.333. The van der Waals surface area contributed by atoms with E-state index in [-0.39, 0.29) is 0 Å². The summed E-state index contributed by atoms with van der Waals surface area (Å²) in [5.41, 5.74) is 0. The molecule has 0 aliphatic rings. The van der Waals surface area contributed by atoms with E-state index in [1.54, 1.807) is 13.8 Å². The van der Waals surface area contributed by atoms with Crippen LogP contribution in [-0.4, -0.2) is 48.1 Å². The summed E-state index contributed by atoms with van der Waals surface area (Å²) in [5.74, 6) is -1.06. The second kappa shape index (κ2) is 14.9. The molecule has 6 nitrogen and oxygen atoms in total. The summed E-state index contributed by atoms with van der Waals surface area (Å²) in [6.45, 7) is 5.65. The Labute approximate surface area is 114 Å². The number of hydrogen-bond acceptors (Lipinski definition) is 6. The molecule has 0 aromatic heterocycles. The Morgan fingerprint density at radius 1 is 1.05 bits per heavy atom. The van der Waals surface area contributed by atoms with Gasteiger partial charge in [0.25, 0.3) is 0 Å². The van der Waals surface area contributed by atoms with Crippen LogP contribution in [0.3, 0.4) is 0 Å². The van der Waals surface area contributed by atoms with E-state index in [4.69, 9.17) is 5.11 Å². The van der Waals surface area contributed by atoms with Crippen LogP contribution >= 0.6 is 0 Å². The summed E-state index contributed by atoms with van der Waals surface area (Å²) in [6, 6.07) is 0. The first-order valence-electron chi connectivity index (χ1n) is 6.64. The van der Waals surface area contributed by atoms with Gasteiger partial charge in [-0.15, -0.1) is 0 Å². The van der Waals surface area contributed by atoms with Crippen molar-refractivity contribution in [3.63, 3.8) is 0 Å². The highest BCUT2D eigenvalue weighted by atomic mass is 16.5. The van der Waals surface area contributed by atoms with E-state index in [9.17, 15) is 14.7 Å². The Kier molecular flexibility index (Phi) is 15.8. The van der Waals surface area contributed by atoms with Crippen molar-refractivity contribution in [3.05, 3.63) is 0 Å². The van der Waals surface area contributed by atoms with Crippen LogP contribution in [0.2, 0.25) is 0 Å². The number of rotatable bonds is 8. The zero-order chi connectivity index (χ0) is 15.1. The average molecular weight is 278 g/mol. The van der Waals surface area contributed by atoms with Crippen molar-refractivity contribution in [3.8, 4) is 0 Å².